The molecule has 0 atom stereocenters. The van der Waals surface area contributed by atoms with Crippen LogP contribution < -0.4 is 10.6 Å². The van der Waals surface area contributed by atoms with E-state index in [1.54, 1.807) is 26.3 Å². The van der Waals surface area contributed by atoms with Crippen molar-refractivity contribution in [1.29, 1.82) is 0 Å². The molecule has 0 aliphatic rings. The smallest absolute Gasteiger partial charge is 0.191 e. The van der Waals surface area contributed by atoms with Gasteiger partial charge in [-0.25, -0.2) is 4.39 Å². The highest BCUT2D eigenvalue weighted by Gasteiger charge is 2.04. The van der Waals surface area contributed by atoms with E-state index in [4.69, 9.17) is 9.47 Å². The van der Waals surface area contributed by atoms with Crippen LogP contribution in [-0.2, 0) is 22.6 Å². The summed E-state index contributed by atoms with van der Waals surface area (Å²) in [6, 6.07) is 5.03. The standard InChI is InChI=1S/C18H30FN3O2/c1-14(2)12-24-9-5-8-21-18(20-3)22-11-15-6-7-17(19)16(10-15)13-23-4/h6-7,10,14H,5,8-9,11-13H2,1-4H3,(H2,20,21,22). The molecule has 0 unspecified atom stereocenters. The highest BCUT2D eigenvalue weighted by Crippen LogP contribution is 2.11. The highest BCUT2D eigenvalue weighted by molar-refractivity contribution is 5.79. The summed E-state index contributed by atoms with van der Waals surface area (Å²) in [5, 5.41) is 6.46. The van der Waals surface area contributed by atoms with Crippen molar-refractivity contribution in [2.24, 2.45) is 10.9 Å². The number of nitrogens with zero attached hydrogens (tertiary/aromatic N) is 1. The Hall–Kier alpha value is -1.66. The first kappa shape index (κ1) is 20.4. The van der Waals surface area contributed by atoms with E-state index in [1.807, 2.05) is 0 Å². The molecule has 0 bridgehead atoms. The fourth-order valence-corrected chi connectivity index (χ4v) is 2.11. The predicted octanol–water partition coefficient (Wildman–Crippen LogP) is 2.70. The van der Waals surface area contributed by atoms with Crippen molar-refractivity contribution >= 4 is 5.96 Å². The van der Waals surface area contributed by atoms with Crippen molar-refractivity contribution in [3.05, 3.63) is 35.1 Å². The monoisotopic (exact) mass is 339 g/mol. The molecule has 0 saturated carbocycles. The minimum Gasteiger partial charge on any atom is -0.381 e. The Morgan fingerprint density at radius 1 is 1.29 bits per heavy atom. The van der Waals surface area contributed by atoms with Crippen molar-refractivity contribution in [3.8, 4) is 0 Å². The van der Waals surface area contributed by atoms with Gasteiger partial charge in [0.1, 0.15) is 5.82 Å². The largest absolute Gasteiger partial charge is 0.381 e. The van der Waals surface area contributed by atoms with Gasteiger partial charge in [-0.15, -0.1) is 0 Å². The summed E-state index contributed by atoms with van der Waals surface area (Å²) in [4.78, 5) is 4.18. The van der Waals surface area contributed by atoms with E-state index in [-0.39, 0.29) is 12.4 Å². The van der Waals surface area contributed by atoms with Gasteiger partial charge in [0.15, 0.2) is 5.96 Å². The molecule has 0 heterocycles. The molecule has 2 N–H and O–H groups in total. The van der Waals surface area contributed by atoms with Gasteiger partial charge in [0.05, 0.1) is 6.61 Å². The highest BCUT2D eigenvalue weighted by atomic mass is 19.1. The SMILES string of the molecule is CN=C(NCCCOCC(C)C)NCc1ccc(F)c(COC)c1. The van der Waals surface area contributed by atoms with Gasteiger partial charge in [0.25, 0.3) is 0 Å². The molecule has 0 amide bonds. The van der Waals surface area contributed by atoms with Crippen LogP contribution in [0.4, 0.5) is 4.39 Å². The zero-order valence-corrected chi connectivity index (χ0v) is 15.2. The average Bonchev–Trinajstić information content (AvgIpc) is 2.56. The van der Waals surface area contributed by atoms with Gasteiger partial charge in [-0.05, 0) is 30.0 Å². The number of ether oxygens (including phenoxy) is 2. The van der Waals surface area contributed by atoms with Crippen LogP contribution in [0.3, 0.4) is 0 Å². The number of methoxy groups -OCH3 is 1. The lowest BCUT2D eigenvalue weighted by molar-refractivity contribution is 0.108. The molecule has 1 aromatic rings. The first-order valence-corrected chi connectivity index (χ1v) is 8.35. The van der Waals surface area contributed by atoms with E-state index >= 15 is 0 Å². The molecule has 6 heteroatoms. The molecule has 0 saturated heterocycles. The number of guanidine groups is 1. The third-order valence-corrected chi connectivity index (χ3v) is 3.30. The van der Waals surface area contributed by atoms with Gasteiger partial charge in [0, 0.05) is 46.0 Å². The third-order valence-electron chi connectivity index (χ3n) is 3.30. The first-order valence-electron chi connectivity index (χ1n) is 8.35. The molecule has 0 aromatic heterocycles. The molecule has 0 aliphatic carbocycles. The van der Waals surface area contributed by atoms with Crippen molar-refractivity contribution in [2.75, 3.05) is 33.9 Å². The Labute approximate surface area is 144 Å². The van der Waals surface area contributed by atoms with E-state index in [9.17, 15) is 4.39 Å². The molecule has 0 radical (unpaired) electrons. The van der Waals surface area contributed by atoms with Gasteiger partial charge >= 0.3 is 0 Å². The second kappa shape index (κ2) is 11.8. The lowest BCUT2D eigenvalue weighted by atomic mass is 10.1. The molecule has 0 spiro atoms. The Bertz CT molecular complexity index is 507. The molecular formula is C18H30FN3O2. The third kappa shape index (κ3) is 8.26. The van der Waals surface area contributed by atoms with Crippen LogP contribution in [0, 0.1) is 11.7 Å². The van der Waals surface area contributed by atoms with Crippen LogP contribution in [-0.4, -0.2) is 39.9 Å². The Morgan fingerprint density at radius 2 is 2.08 bits per heavy atom. The van der Waals surface area contributed by atoms with Gasteiger partial charge in [0.2, 0.25) is 0 Å². The van der Waals surface area contributed by atoms with Gasteiger partial charge < -0.3 is 20.1 Å². The number of benzene rings is 1. The van der Waals surface area contributed by atoms with E-state index in [1.165, 1.54) is 6.07 Å². The van der Waals surface area contributed by atoms with Crippen LogP contribution in [0.15, 0.2) is 23.2 Å². The number of rotatable bonds is 10. The molecule has 5 nitrogen and oxygen atoms in total. The maximum atomic E-state index is 13.6. The zero-order chi connectivity index (χ0) is 17.8. The molecule has 24 heavy (non-hydrogen) atoms. The summed E-state index contributed by atoms with van der Waals surface area (Å²) < 4.78 is 24.1. The van der Waals surface area contributed by atoms with E-state index in [2.05, 4.69) is 29.5 Å². The summed E-state index contributed by atoms with van der Waals surface area (Å²) in [6.45, 7) is 7.43. The second-order valence-corrected chi connectivity index (χ2v) is 6.03. The minimum atomic E-state index is -0.246. The number of hydrogen-bond acceptors (Lipinski definition) is 3. The molecule has 0 aliphatic heterocycles. The summed E-state index contributed by atoms with van der Waals surface area (Å²) >= 11 is 0. The maximum absolute atomic E-state index is 13.6. The van der Waals surface area contributed by atoms with E-state index < -0.39 is 0 Å². The molecule has 136 valence electrons. The summed E-state index contributed by atoms with van der Waals surface area (Å²) in [5.74, 6) is 1.03. The summed E-state index contributed by atoms with van der Waals surface area (Å²) in [5.41, 5.74) is 1.54. The van der Waals surface area contributed by atoms with Gasteiger partial charge in [-0.2, -0.15) is 0 Å². The fraction of sp³-hybridized carbons (Fsp3) is 0.611. The van der Waals surface area contributed by atoms with Crippen molar-refractivity contribution in [1.82, 2.24) is 10.6 Å². The van der Waals surface area contributed by atoms with Crippen LogP contribution >= 0.6 is 0 Å². The molecule has 1 rings (SSSR count). The minimum absolute atomic E-state index is 0.246. The van der Waals surface area contributed by atoms with Gasteiger partial charge in [-0.3, -0.25) is 4.99 Å². The Balaban J connectivity index is 2.32. The van der Waals surface area contributed by atoms with E-state index in [0.29, 0.717) is 18.0 Å². The fourth-order valence-electron chi connectivity index (χ4n) is 2.11. The number of aliphatic imine (C=N–C) groups is 1. The Kier molecular flexibility index (Phi) is 10.0. The average molecular weight is 339 g/mol. The molecular weight excluding hydrogens is 309 g/mol. The first-order chi connectivity index (χ1) is 11.6. The Morgan fingerprint density at radius 3 is 2.75 bits per heavy atom. The molecule has 1 aromatic carbocycles. The summed E-state index contributed by atoms with van der Waals surface area (Å²) in [7, 11) is 3.28. The van der Waals surface area contributed by atoms with Crippen molar-refractivity contribution in [2.45, 2.75) is 33.4 Å². The van der Waals surface area contributed by atoms with Crippen LogP contribution in [0.25, 0.3) is 0 Å². The number of hydrogen-bond donors (Lipinski definition) is 2. The van der Waals surface area contributed by atoms with Crippen LogP contribution in [0.1, 0.15) is 31.4 Å². The lowest BCUT2D eigenvalue weighted by Crippen LogP contribution is -2.37. The number of nitrogens with one attached hydrogen (secondary N) is 2. The number of halogens is 1. The van der Waals surface area contributed by atoms with Crippen molar-refractivity contribution < 1.29 is 13.9 Å². The van der Waals surface area contributed by atoms with E-state index in [0.717, 1.165) is 37.7 Å². The quantitative estimate of drug-likeness (QED) is 0.391. The topological polar surface area (TPSA) is 54.9 Å². The molecule has 0 fully saturated rings. The lowest BCUT2D eigenvalue weighted by Gasteiger charge is -2.13. The zero-order valence-electron chi connectivity index (χ0n) is 15.2. The van der Waals surface area contributed by atoms with Crippen molar-refractivity contribution in [3.63, 3.8) is 0 Å². The predicted molar refractivity (Wildman–Crippen MR) is 95.6 cm³/mol. The normalized spacial score (nSPS) is 11.8. The van der Waals surface area contributed by atoms with Crippen LogP contribution in [0.2, 0.25) is 0 Å². The summed E-state index contributed by atoms with van der Waals surface area (Å²) in [6.07, 6.45) is 0.919. The van der Waals surface area contributed by atoms with Gasteiger partial charge in [-0.1, -0.05) is 19.9 Å². The van der Waals surface area contributed by atoms with Crippen LogP contribution in [0.5, 0.6) is 0 Å². The maximum Gasteiger partial charge on any atom is 0.191 e. The second-order valence-electron chi connectivity index (χ2n) is 6.03.